The minimum Gasteiger partial charge on any atom is -0.459 e. The third-order valence-corrected chi connectivity index (χ3v) is 5.62. The average molecular weight is 477 g/mol. The average Bonchev–Trinajstić information content (AvgIpc) is 2.70. The second-order valence-electron chi connectivity index (χ2n) is 9.48. The number of benzene rings is 2. The number of rotatable bonds is 8. The number of hydrogen-bond acceptors (Lipinski definition) is 6. The Morgan fingerprint density at radius 1 is 0.879 bits per heavy atom. The molecule has 1 amide bonds. The van der Waals surface area contributed by atoms with Crippen molar-refractivity contribution in [2.75, 3.05) is 11.9 Å². The fourth-order valence-corrected chi connectivity index (χ4v) is 3.79. The second-order valence-corrected chi connectivity index (χ2v) is 11.2. The minimum atomic E-state index is -4.07. The third-order valence-electron chi connectivity index (χ3n) is 4.13. The van der Waals surface area contributed by atoms with Crippen LogP contribution in [-0.2, 0) is 24.3 Å². The molecule has 0 spiro atoms. The van der Waals surface area contributed by atoms with E-state index in [0.717, 1.165) is 0 Å². The summed E-state index contributed by atoms with van der Waals surface area (Å²) in [5.74, 6) is -1.05. The summed E-state index contributed by atoms with van der Waals surface area (Å²) in [6, 6.07) is 13.1. The van der Waals surface area contributed by atoms with Gasteiger partial charge in [0.15, 0.2) is 0 Å². The van der Waals surface area contributed by atoms with Crippen LogP contribution in [0.5, 0.6) is 0 Å². The maximum Gasteiger partial charge on any atom is 0.327 e. The van der Waals surface area contributed by atoms with E-state index in [1.165, 1.54) is 24.3 Å². The van der Waals surface area contributed by atoms with Crippen LogP contribution in [0.1, 0.15) is 51.9 Å². The number of anilines is 1. The molecule has 0 aliphatic heterocycles. The van der Waals surface area contributed by atoms with Crippen molar-refractivity contribution in [1.29, 1.82) is 0 Å². The summed E-state index contributed by atoms with van der Waals surface area (Å²) >= 11 is 0. The van der Waals surface area contributed by atoms with Gasteiger partial charge in [0.2, 0.25) is 10.0 Å². The number of carbonyl (C=O) groups is 2. The molecule has 8 nitrogen and oxygen atoms in total. The number of sulfonamides is 1. The van der Waals surface area contributed by atoms with Crippen LogP contribution in [0.2, 0.25) is 0 Å². The molecule has 9 heteroatoms. The lowest BCUT2D eigenvalue weighted by Crippen LogP contribution is -2.48. The highest BCUT2D eigenvalue weighted by atomic mass is 32.2. The predicted molar refractivity (Wildman–Crippen MR) is 126 cm³/mol. The van der Waals surface area contributed by atoms with Gasteiger partial charge in [-0.15, -0.1) is 0 Å². The van der Waals surface area contributed by atoms with Crippen molar-refractivity contribution in [3.8, 4) is 0 Å². The Morgan fingerprint density at radius 2 is 1.45 bits per heavy atom. The summed E-state index contributed by atoms with van der Waals surface area (Å²) in [5.41, 5.74) is -0.455. The Hall–Kier alpha value is -2.75. The van der Waals surface area contributed by atoms with Gasteiger partial charge in [-0.1, -0.05) is 18.2 Å². The molecule has 0 fully saturated rings. The highest BCUT2D eigenvalue weighted by molar-refractivity contribution is 7.89. The van der Waals surface area contributed by atoms with E-state index in [4.69, 9.17) is 9.47 Å². The normalized spacial score (nSPS) is 13.3. The van der Waals surface area contributed by atoms with E-state index in [2.05, 4.69) is 10.0 Å². The molecular formula is C24H32N2O6S. The Morgan fingerprint density at radius 3 is 1.97 bits per heavy atom. The van der Waals surface area contributed by atoms with Crippen LogP contribution in [0, 0.1) is 0 Å². The predicted octanol–water partition coefficient (Wildman–Crippen LogP) is 3.74. The van der Waals surface area contributed by atoms with Gasteiger partial charge in [-0.25, -0.2) is 8.42 Å². The van der Waals surface area contributed by atoms with E-state index >= 15 is 0 Å². The van der Waals surface area contributed by atoms with Crippen LogP contribution in [0.15, 0.2) is 59.5 Å². The zero-order valence-corrected chi connectivity index (χ0v) is 20.7. The SMILES string of the molecule is CC(C)(C)OC[C@H](NS(=O)(=O)c1ccc(NC(=O)c2ccccc2)cc1)C(=O)OC(C)(C)C. The number of ether oxygens (including phenoxy) is 2. The van der Waals surface area contributed by atoms with Crippen molar-refractivity contribution in [2.45, 2.75) is 63.7 Å². The first-order valence-electron chi connectivity index (χ1n) is 10.5. The van der Waals surface area contributed by atoms with Crippen LogP contribution in [0.3, 0.4) is 0 Å². The van der Waals surface area contributed by atoms with Crippen molar-refractivity contribution in [1.82, 2.24) is 4.72 Å². The van der Waals surface area contributed by atoms with Crippen LogP contribution >= 0.6 is 0 Å². The van der Waals surface area contributed by atoms with Crippen molar-refractivity contribution < 1.29 is 27.5 Å². The molecule has 180 valence electrons. The van der Waals surface area contributed by atoms with Crippen molar-refractivity contribution in [2.24, 2.45) is 0 Å². The van der Waals surface area contributed by atoms with Gasteiger partial charge in [0.25, 0.3) is 5.91 Å². The standard InChI is InChI=1S/C24H32N2O6S/c1-23(2,3)31-16-20(22(28)32-24(4,5)6)26-33(29,30)19-14-12-18(13-15-19)25-21(27)17-10-8-7-9-11-17/h7-15,20,26H,16H2,1-6H3,(H,25,27)/t20-/m0/s1. The fourth-order valence-electron chi connectivity index (χ4n) is 2.62. The third kappa shape index (κ3) is 8.95. The monoisotopic (exact) mass is 476 g/mol. The summed E-state index contributed by atoms with van der Waals surface area (Å²) < 4.78 is 39.2. The lowest BCUT2D eigenvalue weighted by Gasteiger charge is -2.27. The quantitative estimate of drug-likeness (QED) is 0.562. The molecule has 0 radical (unpaired) electrons. The molecule has 0 bridgehead atoms. The summed E-state index contributed by atoms with van der Waals surface area (Å²) in [6.07, 6.45) is 0. The lowest BCUT2D eigenvalue weighted by molar-refractivity contribution is -0.159. The molecule has 0 saturated heterocycles. The zero-order valence-electron chi connectivity index (χ0n) is 19.8. The number of nitrogens with one attached hydrogen (secondary N) is 2. The van der Waals surface area contributed by atoms with Gasteiger partial charge in [0, 0.05) is 11.3 Å². The molecule has 2 rings (SSSR count). The van der Waals surface area contributed by atoms with Crippen LogP contribution in [0.25, 0.3) is 0 Å². The Balaban J connectivity index is 2.15. The summed E-state index contributed by atoms with van der Waals surface area (Å²) in [5, 5.41) is 2.71. The van der Waals surface area contributed by atoms with E-state index in [0.29, 0.717) is 11.3 Å². The van der Waals surface area contributed by atoms with Crippen LogP contribution in [-0.4, -0.2) is 44.1 Å². The minimum absolute atomic E-state index is 0.0653. The highest BCUT2D eigenvalue weighted by Gasteiger charge is 2.31. The van der Waals surface area contributed by atoms with Crippen LogP contribution in [0.4, 0.5) is 5.69 Å². The maximum atomic E-state index is 12.9. The van der Waals surface area contributed by atoms with Crippen molar-refractivity contribution in [3.63, 3.8) is 0 Å². The van der Waals surface area contributed by atoms with E-state index in [-0.39, 0.29) is 17.4 Å². The number of hydrogen-bond donors (Lipinski definition) is 2. The smallest absolute Gasteiger partial charge is 0.327 e. The zero-order chi connectivity index (χ0) is 24.9. The van der Waals surface area contributed by atoms with Gasteiger partial charge in [-0.2, -0.15) is 4.72 Å². The van der Waals surface area contributed by atoms with Gasteiger partial charge >= 0.3 is 5.97 Å². The van der Waals surface area contributed by atoms with Gasteiger partial charge in [-0.3, -0.25) is 9.59 Å². The lowest BCUT2D eigenvalue weighted by atomic mass is 10.2. The Labute approximate surface area is 195 Å². The Kier molecular flexibility index (Phi) is 8.40. The number of amides is 1. The Bertz CT molecular complexity index is 1050. The van der Waals surface area contributed by atoms with Gasteiger partial charge in [0.05, 0.1) is 17.1 Å². The number of carbonyl (C=O) groups excluding carboxylic acids is 2. The van der Waals surface area contributed by atoms with E-state index in [1.807, 2.05) is 0 Å². The first kappa shape index (κ1) is 26.5. The summed E-state index contributed by atoms with van der Waals surface area (Å²) in [7, 11) is -4.07. The molecule has 0 aliphatic rings. The largest absolute Gasteiger partial charge is 0.459 e. The van der Waals surface area contributed by atoms with Crippen LogP contribution < -0.4 is 10.0 Å². The van der Waals surface area contributed by atoms with E-state index in [1.54, 1.807) is 71.9 Å². The fraction of sp³-hybridized carbons (Fsp3) is 0.417. The molecule has 0 saturated carbocycles. The van der Waals surface area contributed by atoms with E-state index in [9.17, 15) is 18.0 Å². The van der Waals surface area contributed by atoms with Gasteiger partial charge in [0.1, 0.15) is 11.6 Å². The molecule has 2 aromatic carbocycles. The topological polar surface area (TPSA) is 111 Å². The molecular weight excluding hydrogens is 444 g/mol. The molecule has 1 atom stereocenters. The molecule has 2 N–H and O–H groups in total. The van der Waals surface area contributed by atoms with Gasteiger partial charge < -0.3 is 14.8 Å². The highest BCUT2D eigenvalue weighted by Crippen LogP contribution is 2.17. The van der Waals surface area contributed by atoms with Crippen molar-refractivity contribution >= 4 is 27.6 Å². The molecule has 0 heterocycles. The number of esters is 1. The summed E-state index contributed by atoms with van der Waals surface area (Å²) in [6.45, 7) is 10.3. The molecule has 0 aromatic heterocycles. The van der Waals surface area contributed by atoms with Crippen molar-refractivity contribution in [3.05, 3.63) is 60.2 Å². The maximum absolute atomic E-state index is 12.9. The molecule has 33 heavy (non-hydrogen) atoms. The molecule has 0 aliphatic carbocycles. The molecule has 2 aromatic rings. The first-order valence-corrected chi connectivity index (χ1v) is 12.0. The molecule has 0 unspecified atom stereocenters. The summed E-state index contributed by atoms with van der Waals surface area (Å²) in [4.78, 5) is 24.8. The van der Waals surface area contributed by atoms with Gasteiger partial charge in [-0.05, 0) is 77.9 Å². The first-order chi connectivity index (χ1) is 15.2. The van der Waals surface area contributed by atoms with E-state index < -0.39 is 33.2 Å². The second kappa shape index (κ2) is 10.5.